The SMILES string of the molecule is CC(C)[C@@H]1CC[C@@H](C)C[C@@H]1NCCCOCc1ccccc1. The number of benzene rings is 1. The van der Waals surface area contributed by atoms with Crippen LogP contribution in [0.4, 0.5) is 0 Å². The Balaban J connectivity index is 1.60. The Bertz CT molecular complexity index is 403. The van der Waals surface area contributed by atoms with Gasteiger partial charge in [-0.15, -0.1) is 0 Å². The highest BCUT2D eigenvalue weighted by Gasteiger charge is 2.29. The van der Waals surface area contributed by atoms with Crippen LogP contribution in [0.1, 0.15) is 52.0 Å². The van der Waals surface area contributed by atoms with Crippen molar-refractivity contribution in [2.75, 3.05) is 13.2 Å². The van der Waals surface area contributed by atoms with Crippen LogP contribution < -0.4 is 5.32 Å². The Morgan fingerprint density at radius 3 is 2.68 bits per heavy atom. The Kier molecular flexibility index (Phi) is 7.41. The summed E-state index contributed by atoms with van der Waals surface area (Å²) < 4.78 is 5.76. The van der Waals surface area contributed by atoms with Gasteiger partial charge in [0, 0.05) is 12.6 Å². The molecule has 0 radical (unpaired) electrons. The first-order chi connectivity index (χ1) is 10.7. The van der Waals surface area contributed by atoms with Crippen molar-refractivity contribution >= 4 is 0 Å². The van der Waals surface area contributed by atoms with Crippen LogP contribution in [0.2, 0.25) is 0 Å². The fourth-order valence-corrected chi connectivity index (χ4v) is 3.66. The zero-order valence-corrected chi connectivity index (χ0v) is 14.6. The molecule has 1 aliphatic carbocycles. The molecule has 1 aromatic carbocycles. The summed E-state index contributed by atoms with van der Waals surface area (Å²) in [4.78, 5) is 0. The molecule has 1 aromatic rings. The molecule has 0 aromatic heterocycles. The van der Waals surface area contributed by atoms with Crippen LogP contribution in [0.25, 0.3) is 0 Å². The lowest BCUT2D eigenvalue weighted by molar-refractivity contribution is 0.113. The molecule has 3 atom stereocenters. The second kappa shape index (κ2) is 9.32. The normalized spacial score (nSPS) is 25.5. The third-order valence-corrected chi connectivity index (χ3v) is 5.01. The first-order valence-electron chi connectivity index (χ1n) is 9.02. The number of nitrogens with one attached hydrogen (secondary N) is 1. The minimum absolute atomic E-state index is 0.706. The number of hydrogen-bond acceptors (Lipinski definition) is 2. The zero-order valence-electron chi connectivity index (χ0n) is 14.6. The number of hydrogen-bond donors (Lipinski definition) is 1. The topological polar surface area (TPSA) is 21.3 Å². The standard InChI is InChI=1S/C20H33NO/c1-16(2)19-11-10-17(3)14-20(19)21-12-7-13-22-15-18-8-5-4-6-9-18/h4-6,8-9,16-17,19-21H,7,10-15H2,1-3H3/t17-,19+,20+/m1/s1. The molecule has 0 spiro atoms. The molecule has 1 saturated carbocycles. The molecule has 22 heavy (non-hydrogen) atoms. The minimum Gasteiger partial charge on any atom is -0.377 e. The van der Waals surface area contributed by atoms with Gasteiger partial charge in [0.2, 0.25) is 0 Å². The highest BCUT2D eigenvalue weighted by Crippen LogP contribution is 2.33. The van der Waals surface area contributed by atoms with Crippen LogP contribution >= 0.6 is 0 Å². The van der Waals surface area contributed by atoms with Gasteiger partial charge in [-0.2, -0.15) is 0 Å². The number of ether oxygens (including phenoxy) is 1. The molecular weight excluding hydrogens is 270 g/mol. The maximum atomic E-state index is 5.76. The highest BCUT2D eigenvalue weighted by atomic mass is 16.5. The van der Waals surface area contributed by atoms with Crippen molar-refractivity contribution in [2.45, 2.75) is 59.1 Å². The molecule has 0 amide bonds. The quantitative estimate of drug-likeness (QED) is 0.706. The second-order valence-electron chi connectivity index (χ2n) is 7.28. The summed E-state index contributed by atoms with van der Waals surface area (Å²) in [7, 11) is 0. The Labute approximate surface area is 136 Å². The molecule has 0 aliphatic heterocycles. The molecule has 1 N–H and O–H groups in total. The summed E-state index contributed by atoms with van der Waals surface area (Å²) in [5.74, 6) is 2.52. The second-order valence-corrected chi connectivity index (χ2v) is 7.28. The van der Waals surface area contributed by atoms with Crippen molar-refractivity contribution in [1.82, 2.24) is 5.32 Å². The van der Waals surface area contributed by atoms with Crippen molar-refractivity contribution < 1.29 is 4.74 Å². The van der Waals surface area contributed by atoms with E-state index < -0.39 is 0 Å². The van der Waals surface area contributed by atoms with Crippen molar-refractivity contribution in [3.63, 3.8) is 0 Å². The lowest BCUT2D eigenvalue weighted by Gasteiger charge is -2.38. The van der Waals surface area contributed by atoms with Gasteiger partial charge >= 0.3 is 0 Å². The average molecular weight is 303 g/mol. The van der Waals surface area contributed by atoms with Crippen LogP contribution in [0.15, 0.2) is 30.3 Å². The smallest absolute Gasteiger partial charge is 0.0716 e. The fraction of sp³-hybridized carbons (Fsp3) is 0.700. The van der Waals surface area contributed by atoms with Crippen LogP contribution in [-0.2, 0) is 11.3 Å². The van der Waals surface area contributed by atoms with Gasteiger partial charge in [-0.3, -0.25) is 0 Å². The van der Waals surface area contributed by atoms with E-state index in [-0.39, 0.29) is 0 Å². The molecule has 0 unspecified atom stereocenters. The molecule has 1 fully saturated rings. The van der Waals surface area contributed by atoms with Crippen LogP contribution in [0.5, 0.6) is 0 Å². The lowest BCUT2D eigenvalue weighted by atomic mass is 9.74. The summed E-state index contributed by atoms with van der Waals surface area (Å²) in [5.41, 5.74) is 1.26. The summed E-state index contributed by atoms with van der Waals surface area (Å²) >= 11 is 0. The van der Waals surface area contributed by atoms with Crippen molar-refractivity contribution in [3.05, 3.63) is 35.9 Å². The predicted octanol–water partition coefficient (Wildman–Crippen LogP) is 4.64. The van der Waals surface area contributed by atoms with Crippen molar-refractivity contribution in [2.24, 2.45) is 17.8 Å². The van der Waals surface area contributed by atoms with Gasteiger partial charge in [-0.25, -0.2) is 0 Å². The Hall–Kier alpha value is -0.860. The van der Waals surface area contributed by atoms with Gasteiger partial charge < -0.3 is 10.1 Å². The Morgan fingerprint density at radius 1 is 1.18 bits per heavy atom. The van der Waals surface area contributed by atoms with Crippen LogP contribution in [0.3, 0.4) is 0 Å². The van der Waals surface area contributed by atoms with Gasteiger partial charge in [0.1, 0.15) is 0 Å². The van der Waals surface area contributed by atoms with E-state index in [0.29, 0.717) is 6.04 Å². The molecule has 124 valence electrons. The maximum absolute atomic E-state index is 5.76. The monoisotopic (exact) mass is 303 g/mol. The first-order valence-corrected chi connectivity index (χ1v) is 9.02. The van der Waals surface area contributed by atoms with E-state index in [9.17, 15) is 0 Å². The van der Waals surface area contributed by atoms with E-state index in [1.807, 2.05) is 6.07 Å². The molecule has 0 saturated heterocycles. The molecular formula is C20H33NO. The fourth-order valence-electron chi connectivity index (χ4n) is 3.66. The Morgan fingerprint density at radius 2 is 1.95 bits per heavy atom. The molecule has 0 bridgehead atoms. The van der Waals surface area contributed by atoms with Gasteiger partial charge in [0.15, 0.2) is 0 Å². The third-order valence-electron chi connectivity index (χ3n) is 5.01. The third kappa shape index (κ3) is 5.73. The van der Waals surface area contributed by atoms with Gasteiger partial charge in [0.25, 0.3) is 0 Å². The van der Waals surface area contributed by atoms with Gasteiger partial charge in [-0.1, -0.05) is 57.5 Å². The maximum Gasteiger partial charge on any atom is 0.0716 e. The summed E-state index contributed by atoms with van der Waals surface area (Å²) in [6.45, 7) is 9.80. The minimum atomic E-state index is 0.706. The zero-order chi connectivity index (χ0) is 15.8. The van der Waals surface area contributed by atoms with E-state index in [2.05, 4.69) is 50.4 Å². The predicted molar refractivity (Wildman–Crippen MR) is 93.8 cm³/mol. The lowest BCUT2D eigenvalue weighted by Crippen LogP contribution is -2.43. The van der Waals surface area contributed by atoms with Gasteiger partial charge in [0.05, 0.1) is 6.61 Å². The average Bonchev–Trinajstić information content (AvgIpc) is 2.51. The van der Waals surface area contributed by atoms with E-state index >= 15 is 0 Å². The molecule has 0 heterocycles. The molecule has 2 nitrogen and oxygen atoms in total. The summed E-state index contributed by atoms with van der Waals surface area (Å²) in [5, 5.41) is 3.80. The van der Waals surface area contributed by atoms with Crippen LogP contribution in [-0.4, -0.2) is 19.2 Å². The molecule has 2 rings (SSSR count). The van der Waals surface area contributed by atoms with Crippen molar-refractivity contribution in [1.29, 1.82) is 0 Å². The van der Waals surface area contributed by atoms with Gasteiger partial charge in [-0.05, 0) is 49.1 Å². The number of rotatable bonds is 8. The largest absolute Gasteiger partial charge is 0.377 e. The van der Waals surface area contributed by atoms with E-state index in [0.717, 1.165) is 43.9 Å². The molecule has 1 aliphatic rings. The summed E-state index contributed by atoms with van der Waals surface area (Å²) in [6.07, 6.45) is 5.23. The highest BCUT2D eigenvalue weighted by molar-refractivity contribution is 5.13. The van der Waals surface area contributed by atoms with Crippen molar-refractivity contribution in [3.8, 4) is 0 Å². The van der Waals surface area contributed by atoms with E-state index in [1.165, 1.54) is 24.8 Å². The van der Waals surface area contributed by atoms with Crippen LogP contribution in [0, 0.1) is 17.8 Å². The molecule has 2 heteroatoms. The van der Waals surface area contributed by atoms with E-state index in [1.54, 1.807) is 0 Å². The van der Waals surface area contributed by atoms with E-state index in [4.69, 9.17) is 4.74 Å². The first kappa shape index (κ1) is 17.5. The summed E-state index contributed by atoms with van der Waals surface area (Å²) in [6, 6.07) is 11.1.